The Hall–Kier alpha value is -1.60. The lowest BCUT2D eigenvalue weighted by atomic mass is 10.2. The van der Waals surface area contributed by atoms with Gasteiger partial charge in [-0.05, 0) is 38.1 Å². The lowest BCUT2D eigenvalue weighted by molar-refractivity contribution is -0.135. The molecule has 1 amide bonds. The summed E-state index contributed by atoms with van der Waals surface area (Å²) in [6.45, 7) is 11.4. The summed E-state index contributed by atoms with van der Waals surface area (Å²) in [4.78, 5) is 25.6. The van der Waals surface area contributed by atoms with Crippen LogP contribution in [-0.2, 0) is 11.2 Å². The zero-order chi connectivity index (χ0) is 19.1. The maximum absolute atomic E-state index is 12.7. The Morgan fingerprint density at radius 3 is 2.56 bits per heavy atom. The molecule has 27 heavy (non-hydrogen) atoms. The first-order valence-corrected chi connectivity index (χ1v) is 11.2. The predicted octanol–water partition coefficient (Wildman–Crippen LogP) is 1.88. The van der Waals surface area contributed by atoms with E-state index in [9.17, 15) is 4.79 Å². The summed E-state index contributed by atoms with van der Waals surface area (Å²) < 4.78 is 0. The number of amides is 1. The number of likely N-dealkylation sites (tertiary alicyclic amines) is 1. The van der Waals surface area contributed by atoms with Crippen LogP contribution < -0.4 is 5.32 Å². The predicted molar refractivity (Wildman–Crippen MR) is 112 cm³/mol. The fourth-order valence-electron chi connectivity index (χ4n) is 3.83. The molecule has 0 saturated carbocycles. The van der Waals surface area contributed by atoms with Gasteiger partial charge >= 0.3 is 0 Å². The van der Waals surface area contributed by atoms with E-state index in [0.717, 1.165) is 77.6 Å². The van der Waals surface area contributed by atoms with Gasteiger partial charge in [-0.25, -0.2) is 0 Å². The number of piperazine rings is 1. The highest BCUT2D eigenvalue weighted by Crippen LogP contribution is 2.14. The summed E-state index contributed by atoms with van der Waals surface area (Å²) in [6, 6.07) is 4.26. The Bertz CT molecular complexity index is 604. The number of nitrogens with one attached hydrogen (secondary N) is 1. The van der Waals surface area contributed by atoms with Crippen LogP contribution in [0.3, 0.4) is 0 Å². The van der Waals surface area contributed by atoms with E-state index in [0.29, 0.717) is 5.91 Å². The van der Waals surface area contributed by atoms with Gasteiger partial charge in [-0.3, -0.25) is 14.7 Å². The Labute approximate surface area is 167 Å². The van der Waals surface area contributed by atoms with Gasteiger partial charge in [0.1, 0.15) is 0 Å². The number of aliphatic imine (C=N–C) groups is 1. The number of guanidine groups is 1. The number of rotatable bonds is 6. The van der Waals surface area contributed by atoms with Gasteiger partial charge in [-0.15, -0.1) is 11.3 Å². The Kier molecular flexibility index (Phi) is 7.52. The molecule has 1 N–H and O–H groups in total. The first-order valence-electron chi connectivity index (χ1n) is 10.3. The van der Waals surface area contributed by atoms with Crippen LogP contribution in [-0.4, -0.2) is 85.0 Å². The highest BCUT2D eigenvalue weighted by Gasteiger charge is 2.30. The van der Waals surface area contributed by atoms with Crippen molar-refractivity contribution in [3.05, 3.63) is 22.4 Å². The molecule has 150 valence electrons. The topological polar surface area (TPSA) is 51.2 Å². The summed E-state index contributed by atoms with van der Waals surface area (Å²) in [6.07, 6.45) is 3.30. The molecule has 3 heterocycles. The molecule has 1 aromatic heterocycles. The minimum Gasteiger partial charge on any atom is -0.357 e. The minimum absolute atomic E-state index is 0.0106. The van der Waals surface area contributed by atoms with E-state index in [1.807, 2.05) is 4.90 Å². The molecule has 0 spiro atoms. The highest BCUT2D eigenvalue weighted by molar-refractivity contribution is 7.09. The van der Waals surface area contributed by atoms with Gasteiger partial charge in [-0.1, -0.05) is 6.07 Å². The fourth-order valence-corrected chi connectivity index (χ4v) is 4.53. The molecule has 0 bridgehead atoms. The van der Waals surface area contributed by atoms with E-state index in [1.54, 1.807) is 11.3 Å². The summed E-state index contributed by atoms with van der Waals surface area (Å²) in [5, 5.41) is 5.55. The van der Waals surface area contributed by atoms with Crippen molar-refractivity contribution in [2.24, 2.45) is 4.99 Å². The van der Waals surface area contributed by atoms with E-state index in [-0.39, 0.29) is 6.04 Å². The van der Waals surface area contributed by atoms with Crippen LogP contribution >= 0.6 is 11.3 Å². The van der Waals surface area contributed by atoms with Crippen LogP contribution in [0.1, 0.15) is 31.6 Å². The number of thiophene rings is 1. The molecule has 2 saturated heterocycles. The monoisotopic (exact) mass is 391 g/mol. The number of hydrogen-bond donors (Lipinski definition) is 1. The molecule has 7 heteroatoms. The van der Waals surface area contributed by atoms with Crippen molar-refractivity contribution in [3.63, 3.8) is 0 Å². The second kappa shape index (κ2) is 10.1. The average Bonchev–Trinajstić information content (AvgIpc) is 3.40. The molecule has 0 aromatic carbocycles. The highest BCUT2D eigenvalue weighted by atomic mass is 32.1. The van der Waals surface area contributed by atoms with Crippen molar-refractivity contribution in [2.45, 2.75) is 39.2 Å². The zero-order valence-electron chi connectivity index (χ0n) is 16.7. The summed E-state index contributed by atoms with van der Waals surface area (Å²) >= 11 is 1.79. The molecule has 6 nitrogen and oxygen atoms in total. The van der Waals surface area contributed by atoms with Gasteiger partial charge in [0.2, 0.25) is 5.91 Å². The molecular formula is C20H33N5OS. The maximum atomic E-state index is 12.7. The first kappa shape index (κ1) is 20.1. The number of hydrogen-bond acceptors (Lipinski definition) is 4. The Morgan fingerprint density at radius 1 is 1.19 bits per heavy atom. The van der Waals surface area contributed by atoms with Gasteiger partial charge in [0.25, 0.3) is 0 Å². The Morgan fingerprint density at radius 2 is 1.93 bits per heavy atom. The van der Waals surface area contributed by atoms with Crippen molar-refractivity contribution in [2.75, 3.05) is 52.4 Å². The van der Waals surface area contributed by atoms with E-state index >= 15 is 0 Å². The van der Waals surface area contributed by atoms with Gasteiger partial charge in [-0.2, -0.15) is 0 Å². The summed E-state index contributed by atoms with van der Waals surface area (Å²) in [5.41, 5.74) is 0. The first-order chi connectivity index (χ1) is 13.2. The third-order valence-electron chi connectivity index (χ3n) is 5.47. The second-order valence-corrected chi connectivity index (χ2v) is 8.33. The third kappa shape index (κ3) is 5.45. The molecule has 0 aliphatic carbocycles. The second-order valence-electron chi connectivity index (χ2n) is 7.30. The minimum atomic E-state index is -0.0106. The van der Waals surface area contributed by atoms with Gasteiger partial charge < -0.3 is 15.1 Å². The van der Waals surface area contributed by atoms with Gasteiger partial charge in [0.15, 0.2) is 5.96 Å². The lowest BCUT2D eigenvalue weighted by Crippen LogP contribution is -2.57. The quantitative estimate of drug-likeness (QED) is 0.594. The van der Waals surface area contributed by atoms with Gasteiger partial charge in [0.05, 0.1) is 6.04 Å². The molecular weight excluding hydrogens is 358 g/mol. The third-order valence-corrected chi connectivity index (χ3v) is 6.41. The van der Waals surface area contributed by atoms with E-state index in [2.05, 4.69) is 46.5 Å². The molecule has 1 unspecified atom stereocenters. The maximum Gasteiger partial charge on any atom is 0.239 e. The molecule has 0 radical (unpaired) electrons. The normalized spacial score (nSPS) is 20.1. The molecule has 2 aliphatic heterocycles. The van der Waals surface area contributed by atoms with Crippen LogP contribution in [0.5, 0.6) is 0 Å². The van der Waals surface area contributed by atoms with E-state index in [4.69, 9.17) is 4.99 Å². The average molecular weight is 392 g/mol. The summed E-state index contributed by atoms with van der Waals surface area (Å²) in [5.74, 6) is 1.31. The molecule has 2 fully saturated rings. The van der Waals surface area contributed by atoms with Crippen LogP contribution in [0.2, 0.25) is 0 Å². The smallest absolute Gasteiger partial charge is 0.239 e. The van der Waals surface area contributed by atoms with Crippen LogP contribution in [0.15, 0.2) is 22.5 Å². The number of carbonyl (C=O) groups is 1. The molecule has 1 aromatic rings. The summed E-state index contributed by atoms with van der Waals surface area (Å²) in [7, 11) is 0. The number of nitrogens with zero attached hydrogens (tertiary/aromatic N) is 4. The standard InChI is InChI=1S/C20H33N5OS/c1-3-21-20(22-9-8-18-7-6-16-27-18)25-14-12-23(13-15-25)17(2)19(26)24-10-4-5-11-24/h6-7,16-17H,3-5,8-15H2,1-2H3,(H,21,22). The largest absolute Gasteiger partial charge is 0.357 e. The van der Waals surface area contributed by atoms with Crippen molar-refractivity contribution in [1.82, 2.24) is 20.0 Å². The van der Waals surface area contributed by atoms with Crippen molar-refractivity contribution in [3.8, 4) is 0 Å². The number of carbonyl (C=O) groups excluding carboxylic acids is 1. The van der Waals surface area contributed by atoms with Crippen LogP contribution in [0.25, 0.3) is 0 Å². The van der Waals surface area contributed by atoms with Crippen molar-refractivity contribution in [1.29, 1.82) is 0 Å². The zero-order valence-corrected chi connectivity index (χ0v) is 17.5. The fraction of sp³-hybridized carbons (Fsp3) is 0.700. The Balaban J connectivity index is 1.49. The van der Waals surface area contributed by atoms with E-state index in [1.165, 1.54) is 4.88 Å². The van der Waals surface area contributed by atoms with Crippen LogP contribution in [0.4, 0.5) is 0 Å². The lowest BCUT2D eigenvalue weighted by Gasteiger charge is -2.39. The molecule has 1 atom stereocenters. The van der Waals surface area contributed by atoms with E-state index < -0.39 is 0 Å². The van der Waals surface area contributed by atoms with Crippen molar-refractivity contribution >= 4 is 23.2 Å². The SMILES string of the molecule is CCNC(=NCCc1cccs1)N1CCN(C(C)C(=O)N2CCCC2)CC1. The molecule has 2 aliphatic rings. The molecule has 3 rings (SSSR count). The van der Waals surface area contributed by atoms with Crippen molar-refractivity contribution < 1.29 is 4.79 Å². The van der Waals surface area contributed by atoms with Crippen LogP contribution in [0, 0.1) is 0 Å². The van der Waals surface area contributed by atoms with Gasteiger partial charge in [0, 0.05) is 63.7 Å².